The number of hydrogen-bond acceptors (Lipinski definition) is 3. The topological polar surface area (TPSA) is 41.5 Å². The van der Waals surface area contributed by atoms with Crippen LogP contribution in [-0.2, 0) is 0 Å². The molecule has 0 saturated heterocycles. The molecule has 1 aromatic carbocycles. The van der Waals surface area contributed by atoms with E-state index in [1.807, 2.05) is 12.1 Å². The summed E-state index contributed by atoms with van der Waals surface area (Å²) in [6.07, 6.45) is 10.5. The van der Waals surface area contributed by atoms with Crippen molar-refractivity contribution in [1.82, 2.24) is 5.32 Å². The molecule has 2 fully saturated rings. The molecule has 3 rings (SSSR count). The SMILES string of the molecule is Cc1cccc(O[C@@H]2CCC[C@H](NC3CCCCCC3)[C@H]2O)c1. The molecule has 0 heterocycles. The maximum absolute atomic E-state index is 10.8. The van der Waals surface area contributed by atoms with Crippen molar-refractivity contribution >= 4 is 0 Å². The fraction of sp³-hybridized carbons (Fsp3) is 0.700. The molecule has 0 unspecified atom stereocenters. The molecule has 0 radical (unpaired) electrons. The first-order valence-electron chi connectivity index (χ1n) is 9.40. The van der Waals surface area contributed by atoms with Crippen LogP contribution >= 0.6 is 0 Å². The molecule has 2 N–H and O–H groups in total. The van der Waals surface area contributed by atoms with E-state index in [1.165, 1.54) is 44.1 Å². The van der Waals surface area contributed by atoms with Crippen LogP contribution in [0.4, 0.5) is 0 Å². The first-order chi connectivity index (χ1) is 11.2. The predicted octanol–water partition coefficient (Wildman–Crippen LogP) is 3.97. The number of hydrogen-bond donors (Lipinski definition) is 2. The van der Waals surface area contributed by atoms with E-state index in [9.17, 15) is 5.11 Å². The van der Waals surface area contributed by atoms with E-state index in [2.05, 4.69) is 24.4 Å². The normalized spacial score (nSPS) is 29.9. The molecule has 3 atom stereocenters. The number of benzene rings is 1. The first kappa shape index (κ1) is 16.8. The first-order valence-corrected chi connectivity index (χ1v) is 9.40. The molecule has 23 heavy (non-hydrogen) atoms. The van der Waals surface area contributed by atoms with Gasteiger partial charge in [-0.3, -0.25) is 0 Å². The van der Waals surface area contributed by atoms with Crippen LogP contribution in [0, 0.1) is 6.92 Å². The van der Waals surface area contributed by atoms with Gasteiger partial charge in [-0.25, -0.2) is 0 Å². The Bertz CT molecular complexity index is 482. The van der Waals surface area contributed by atoms with E-state index in [4.69, 9.17) is 4.74 Å². The Morgan fingerprint density at radius 1 is 1.00 bits per heavy atom. The highest BCUT2D eigenvalue weighted by Gasteiger charge is 2.34. The Kier molecular flexibility index (Phi) is 5.96. The minimum Gasteiger partial charge on any atom is -0.488 e. The standard InChI is InChI=1S/C20H31NO2/c1-15-8-6-11-17(14-15)23-19-13-7-12-18(20(19)22)21-16-9-4-2-3-5-10-16/h6,8,11,14,16,18-22H,2-5,7,9-10,12-13H2,1H3/t18-,19+,20+/m0/s1. The van der Waals surface area contributed by atoms with Gasteiger partial charge in [-0.2, -0.15) is 0 Å². The number of aryl methyl sites for hydroxylation is 1. The number of aliphatic hydroxyl groups is 1. The van der Waals surface area contributed by atoms with Gasteiger partial charge in [-0.1, -0.05) is 37.8 Å². The maximum atomic E-state index is 10.8. The molecule has 0 aromatic heterocycles. The molecule has 3 heteroatoms. The Morgan fingerprint density at radius 2 is 1.78 bits per heavy atom. The molecular formula is C20H31NO2. The van der Waals surface area contributed by atoms with Gasteiger partial charge in [0.25, 0.3) is 0 Å². The summed E-state index contributed by atoms with van der Waals surface area (Å²) in [5.41, 5.74) is 1.20. The summed E-state index contributed by atoms with van der Waals surface area (Å²) in [6, 6.07) is 8.88. The van der Waals surface area contributed by atoms with E-state index >= 15 is 0 Å². The van der Waals surface area contributed by atoms with E-state index in [0.29, 0.717) is 6.04 Å². The Hall–Kier alpha value is -1.06. The highest BCUT2D eigenvalue weighted by molar-refractivity contribution is 5.27. The van der Waals surface area contributed by atoms with E-state index < -0.39 is 6.10 Å². The van der Waals surface area contributed by atoms with Crippen LogP contribution in [0.15, 0.2) is 24.3 Å². The average Bonchev–Trinajstić information content (AvgIpc) is 2.80. The van der Waals surface area contributed by atoms with E-state index in [0.717, 1.165) is 25.0 Å². The van der Waals surface area contributed by atoms with Crippen LogP contribution < -0.4 is 10.1 Å². The van der Waals surface area contributed by atoms with Crippen molar-refractivity contribution < 1.29 is 9.84 Å². The third-order valence-electron chi connectivity index (χ3n) is 5.38. The summed E-state index contributed by atoms with van der Waals surface area (Å²) >= 11 is 0. The molecule has 1 aromatic rings. The summed E-state index contributed by atoms with van der Waals surface area (Å²) in [4.78, 5) is 0. The highest BCUT2D eigenvalue weighted by Crippen LogP contribution is 2.26. The number of rotatable bonds is 4. The maximum Gasteiger partial charge on any atom is 0.126 e. The summed E-state index contributed by atoms with van der Waals surface area (Å²) in [5.74, 6) is 0.879. The van der Waals surface area contributed by atoms with Crippen LogP contribution in [0.25, 0.3) is 0 Å². The lowest BCUT2D eigenvalue weighted by Gasteiger charge is -2.37. The van der Waals surface area contributed by atoms with Gasteiger partial charge in [-0.05, 0) is 56.7 Å². The van der Waals surface area contributed by atoms with E-state index in [1.54, 1.807) is 0 Å². The summed E-state index contributed by atoms with van der Waals surface area (Å²) in [7, 11) is 0. The smallest absolute Gasteiger partial charge is 0.126 e. The van der Waals surface area contributed by atoms with Crippen LogP contribution in [-0.4, -0.2) is 29.4 Å². The minimum atomic E-state index is -0.410. The Balaban J connectivity index is 1.57. The molecule has 0 bridgehead atoms. The Labute approximate surface area is 140 Å². The second-order valence-corrected chi connectivity index (χ2v) is 7.36. The molecular weight excluding hydrogens is 286 g/mol. The zero-order chi connectivity index (χ0) is 16.1. The Morgan fingerprint density at radius 3 is 2.52 bits per heavy atom. The average molecular weight is 317 g/mol. The largest absolute Gasteiger partial charge is 0.488 e. The molecule has 0 amide bonds. The summed E-state index contributed by atoms with van der Waals surface area (Å²) < 4.78 is 6.10. The molecule has 0 aliphatic heterocycles. The fourth-order valence-electron chi connectivity index (χ4n) is 4.06. The lowest BCUT2D eigenvalue weighted by molar-refractivity contribution is -0.0185. The van der Waals surface area contributed by atoms with Crippen molar-refractivity contribution in [3.05, 3.63) is 29.8 Å². The van der Waals surface area contributed by atoms with Gasteiger partial charge in [0.15, 0.2) is 0 Å². The predicted molar refractivity (Wildman–Crippen MR) is 93.9 cm³/mol. The van der Waals surface area contributed by atoms with Crippen LogP contribution in [0.1, 0.15) is 63.4 Å². The second kappa shape index (κ2) is 8.16. The van der Waals surface area contributed by atoms with Gasteiger partial charge in [0.05, 0.1) is 0 Å². The third-order valence-corrected chi connectivity index (χ3v) is 5.38. The van der Waals surface area contributed by atoms with Gasteiger partial charge >= 0.3 is 0 Å². The quantitative estimate of drug-likeness (QED) is 0.826. The van der Waals surface area contributed by atoms with Gasteiger partial charge in [-0.15, -0.1) is 0 Å². The van der Waals surface area contributed by atoms with Crippen molar-refractivity contribution in [3.63, 3.8) is 0 Å². The molecule has 2 aliphatic rings. The fourth-order valence-corrected chi connectivity index (χ4v) is 4.06. The van der Waals surface area contributed by atoms with Crippen molar-refractivity contribution in [2.75, 3.05) is 0 Å². The highest BCUT2D eigenvalue weighted by atomic mass is 16.5. The van der Waals surface area contributed by atoms with Crippen LogP contribution in [0.3, 0.4) is 0 Å². The molecule has 2 saturated carbocycles. The number of ether oxygens (including phenoxy) is 1. The third kappa shape index (κ3) is 4.71. The van der Waals surface area contributed by atoms with Crippen LogP contribution in [0.2, 0.25) is 0 Å². The lowest BCUT2D eigenvalue weighted by Crippen LogP contribution is -2.53. The summed E-state index contributed by atoms with van der Waals surface area (Å²) in [6.45, 7) is 2.07. The van der Waals surface area contributed by atoms with Gasteiger partial charge in [0.1, 0.15) is 18.0 Å². The van der Waals surface area contributed by atoms with Crippen molar-refractivity contribution in [2.45, 2.75) is 89.0 Å². The monoisotopic (exact) mass is 317 g/mol. The molecule has 2 aliphatic carbocycles. The van der Waals surface area contributed by atoms with Crippen molar-refractivity contribution in [2.24, 2.45) is 0 Å². The number of nitrogens with one attached hydrogen (secondary N) is 1. The zero-order valence-electron chi connectivity index (χ0n) is 14.3. The van der Waals surface area contributed by atoms with E-state index in [-0.39, 0.29) is 12.1 Å². The van der Waals surface area contributed by atoms with Gasteiger partial charge in [0.2, 0.25) is 0 Å². The van der Waals surface area contributed by atoms with Crippen LogP contribution in [0.5, 0.6) is 5.75 Å². The molecule has 3 nitrogen and oxygen atoms in total. The van der Waals surface area contributed by atoms with Crippen molar-refractivity contribution in [1.29, 1.82) is 0 Å². The van der Waals surface area contributed by atoms with Gasteiger partial charge < -0.3 is 15.2 Å². The summed E-state index contributed by atoms with van der Waals surface area (Å²) in [5, 5.41) is 14.5. The lowest BCUT2D eigenvalue weighted by atomic mass is 9.88. The van der Waals surface area contributed by atoms with Crippen molar-refractivity contribution in [3.8, 4) is 5.75 Å². The number of aliphatic hydroxyl groups excluding tert-OH is 1. The second-order valence-electron chi connectivity index (χ2n) is 7.36. The molecule has 0 spiro atoms. The van der Waals surface area contributed by atoms with Gasteiger partial charge in [0, 0.05) is 12.1 Å². The zero-order valence-corrected chi connectivity index (χ0v) is 14.3. The molecule has 128 valence electrons. The minimum absolute atomic E-state index is 0.0890.